The molecule has 6 heteroatoms. The van der Waals surface area contributed by atoms with Crippen molar-refractivity contribution in [3.63, 3.8) is 0 Å². The van der Waals surface area contributed by atoms with Gasteiger partial charge in [-0.2, -0.15) is 0 Å². The largest absolute Gasteiger partial charge is 0.392 e. The molecule has 0 spiro atoms. The summed E-state index contributed by atoms with van der Waals surface area (Å²) >= 11 is 0. The summed E-state index contributed by atoms with van der Waals surface area (Å²) in [7, 11) is 0. The van der Waals surface area contributed by atoms with Gasteiger partial charge in [0.05, 0.1) is 11.8 Å². The van der Waals surface area contributed by atoms with E-state index in [1.807, 2.05) is 4.90 Å². The van der Waals surface area contributed by atoms with Crippen molar-refractivity contribution >= 4 is 11.6 Å². The number of carbonyl (C=O) groups excluding carboxylic acids is 1. The molecule has 1 amide bonds. The Hall–Kier alpha value is -1.66. The first kappa shape index (κ1) is 16.7. The van der Waals surface area contributed by atoms with Crippen molar-refractivity contribution in [2.75, 3.05) is 44.2 Å². The molecule has 1 atom stereocenters. The number of anilines is 1. The monoisotopic (exact) mass is 309 g/mol. The summed E-state index contributed by atoms with van der Waals surface area (Å²) in [6, 6.07) is 4.55. The fourth-order valence-corrected chi connectivity index (χ4v) is 2.55. The Kier molecular flexibility index (Phi) is 5.74. The number of nitrogens with zero attached hydrogens (tertiary/aromatic N) is 2. The third-order valence-corrected chi connectivity index (χ3v) is 3.93. The van der Waals surface area contributed by atoms with Gasteiger partial charge in [0.2, 0.25) is 0 Å². The maximum atomic E-state index is 14.3. The molecule has 122 valence electrons. The van der Waals surface area contributed by atoms with E-state index in [9.17, 15) is 9.18 Å². The van der Waals surface area contributed by atoms with Crippen molar-refractivity contribution in [3.8, 4) is 0 Å². The number of halogens is 1. The highest BCUT2D eigenvalue weighted by Gasteiger charge is 2.19. The Balaban J connectivity index is 2.02. The van der Waals surface area contributed by atoms with Gasteiger partial charge in [0.25, 0.3) is 5.91 Å². The summed E-state index contributed by atoms with van der Waals surface area (Å²) in [6.45, 7) is 8.30. The Bertz CT molecular complexity index is 514. The number of amides is 1. The average molecular weight is 309 g/mol. The number of carbonyl (C=O) groups is 1. The zero-order valence-corrected chi connectivity index (χ0v) is 13.2. The van der Waals surface area contributed by atoms with Crippen molar-refractivity contribution in [2.45, 2.75) is 20.0 Å². The third-order valence-electron chi connectivity index (χ3n) is 3.93. The predicted octanol–water partition coefficient (Wildman–Crippen LogP) is 1.08. The van der Waals surface area contributed by atoms with E-state index >= 15 is 0 Å². The third kappa shape index (κ3) is 4.18. The highest BCUT2D eigenvalue weighted by molar-refractivity contribution is 5.94. The van der Waals surface area contributed by atoms with Crippen molar-refractivity contribution in [2.24, 2.45) is 0 Å². The second kappa shape index (κ2) is 7.56. The summed E-state index contributed by atoms with van der Waals surface area (Å²) in [5.74, 6) is -0.753. The van der Waals surface area contributed by atoms with E-state index in [4.69, 9.17) is 5.11 Å². The van der Waals surface area contributed by atoms with Crippen molar-refractivity contribution in [1.82, 2.24) is 10.2 Å². The minimum absolute atomic E-state index is 0.154. The lowest BCUT2D eigenvalue weighted by atomic mass is 10.1. The fourth-order valence-electron chi connectivity index (χ4n) is 2.55. The van der Waals surface area contributed by atoms with Crippen LogP contribution in [0.25, 0.3) is 0 Å². The van der Waals surface area contributed by atoms with Gasteiger partial charge in [-0.15, -0.1) is 0 Å². The molecule has 0 radical (unpaired) electrons. The van der Waals surface area contributed by atoms with Crippen LogP contribution in [0.1, 0.15) is 24.2 Å². The number of hydrogen-bond acceptors (Lipinski definition) is 4. The van der Waals surface area contributed by atoms with Crippen molar-refractivity contribution in [3.05, 3.63) is 29.6 Å². The molecule has 1 aliphatic heterocycles. The molecule has 1 aromatic rings. The van der Waals surface area contributed by atoms with Gasteiger partial charge in [-0.1, -0.05) is 6.92 Å². The Morgan fingerprint density at radius 2 is 2.05 bits per heavy atom. The molecule has 1 heterocycles. The first-order valence-electron chi connectivity index (χ1n) is 7.74. The molecule has 2 rings (SSSR count). The second-order valence-electron chi connectivity index (χ2n) is 5.65. The first-order chi connectivity index (χ1) is 10.5. The van der Waals surface area contributed by atoms with Gasteiger partial charge in [0.1, 0.15) is 5.82 Å². The number of benzene rings is 1. The van der Waals surface area contributed by atoms with Crippen LogP contribution >= 0.6 is 0 Å². The smallest absolute Gasteiger partial charge is 0.251 e. The Morgan fingerprint density at radius 3 is 2.59 bits per heavy atom. The van der Waals surface area contributed by atoms with Crippen molar-refractivity contribution < 1.29 is 14.3 Å². The number of likely N-dealkylation sites (N-methyl/N-ethyl adjacent to an activating group) is 1. The molecule has 1 aliphatic rings. The lowest BCUT2D eigenvalue weighted by Crippen LogP contribution is -2.46. The quantitative estimate of drug-likeness (QED) is 0.854. The van der Waals surface area contributed by atoms with Gasteiger partial charge in [-0.25, -0.2) is 4.39 Å². The zero-order valence-electron chi connectivity index (χ0n) is 13.2. The Morgan fingerprint density at radius 1 is 1.36 bits per heavy atom. The van der Waals surface area contributed by atoms with Crippen LogP contribution in [-0.2, 0) is 0 Å². The van der Waals surface area contributed by atoms with Crippen LogP contribution in [0.3, 0.4) is 0 Å². The van der Waals surface area contributed by atoms with E-state index in [0.717, 1.165) is 32.7 Å². The predicted molar refractivity (Wildman–Crippen MR) is 84.7 cm³/mol. The van der Waals surface area contributed by atoms with Gasteiger partial charge in [0.15, 0.2) is 0 Å². The van der Waals surface area contributed by atoms with Crippen LogP contribution in [-0.4, -0.2) is 61.3 Å². The van der Waals surface area contributed by atoms with Gasteiger partial charge in [0, 0.05) is 38.3 Å². The minimum Gasteiger partial charge on any atom is -0.392 e. The number of nitrogens with one attached hydrogen (secondary N) is 1. The van der Waals surface area contributed by atoms with Gasteiger partial charge in [-0.05, 0) is 31.7 Å². The number of aliphatic hydroxyl groups excluding tert-OH is 1. The van der Waals surface area contributed by atoms with Crippen LogP contribution < -0.4 is 10.2 Å². The lowest BCUT2D eigenvalue weighted by molar-refractivity contribution is 0.0923. The van der Waals surface area contributed by atoms with Crippen LogP contribution in [0.15, 0.2) is 18.2 Å². The topological polar surface area (TPSA) is 55.8 Å². The molecule has 0 aliphatic carbocycles. The van der Waals surface area contributed by atoms with Crippen LogP contribution in [0.5, 0.6) is 0 Å². The first-order valence-corrected chi connectivity index (χ1v) is 7.74. The van der Waals surface area contributed by atoms with Crippen LogP contribution in [0.4, 0.5) is 10.1 Å². The molecule has 1 saturated heterocycles. The van der Waals surface area contributed by atoms with E-state index in [1.54, 1.807) is 19.1 Å². The molecule has 1 unspecified atom stereocenters. The van der Waals surface area contributed by atoms with E-state index in [-0.39, 0.29) is 23.8 Å². The summed E-state index contributed by atoms with van der Waals surface area (Å²) in [6.07, 6.45) is -0.622. The molecular formula is C16H24FN3O2. The maximum Gasteiger partial charge on any atom is 0.251 e. The van der Waals surface area contributed by atoms with E-state index in [0.29, 0.717) is 5.69 Å². The molecule has 0 aromatic heterocycles. The highest BCUT2D eigenvalue weighted by atomic mass is 19.1. The second-order valence-corrected chi connectivity index (χ2v) is 5.65. The summed E-state index contributed by atoms with van der Waals surface area (Å²) in [5, 5.41) is 11.7. The summed E-state index contributed by atoms with van der Waals surface area (Å²) in [5.41, 5.74) is 0.817. The molecule has 5 nitrogen and oxygen atoms in total. The normalized spacial score (nSPS) is 17.4. The SMILES string of the molecule is CCN1CCN(c2ccc(C(=O)NCC(C)O)cc2F)CC1. The zero-order chi connectivity index (χ0) is 16.1. The Labute approximate surface area is 130 Å². The molecule has 1 fully saturated rings. The number of hydrogen-bond donors (Lipinski definition) is 2. The molecule has 1 aromatic carbocycles. The number of piperazine rings is 1. The standard InChI is InChI=1S/C16H24FN3O2/c1-3-19-6-8-20(9-7-19)15-5-4-13(10-14(15)17)16(22)18-11-12(2)21/h4-5,10,12,21H,3,6-9,11H2,1-2H3,(H,18,22). The van der Waals surface area contributed by atoms with Crippen LogP contribution in [0, 0.1) is 5.82 Å². The van der Waals surface area contributed by atoms with Gasteiger partial charge >= 0.3 is 0 Å². The van der Waals surface area contributed by atoms with Crippen LogP contribution in [0.2, 0.25) is 0 Å². The molecule has 0 saturated carbocycles. The van der Waals surface area contributed by atoms with Gasteiger partial charge < -0.3 is 20.2 Å². The minimum atomic E-state index is -0.622. The molecule has 0 bridgehead atoms. The lowest BCUT2D eigenvalue weighted by Gasteiger charge is -2.35. The number of rotatable bonds is 5. The van der Waals surface area contributed by atoms with E-state index < -0.39 is 6.10 Å². The maximum absolute atomic E-state index is 14.3. The van der Waals surface area contributed by atoms with E-state index in [1.165, 1.54) is 6.07 Å². The summed E-state index contributed by atoms with van der Waals surface area (Å²) < 4.78 is 14.3. The van der Waals surface area contributed by atoms with E-state index in [2.05, 4.69) is 17.1 Å². The average Bonchev–Trinajstić information content (AvgIpc) is 2.52. The number of aliphatic hydroxyl groups is 1. The van der Waals surface area contributed by atoms with Crippen molar-refractivity contribution in [1.29, 1.82) is 0 Å². The summed E-state index contributed by atoms with van der Waals surface area (Å²) in [4.78, 5) is 16.2. The molecule has 2 N–H and O–H groups in total. The highest BCUT2D eigenvalue weighted by Crippen LogP contribution is 2.22. The van der Waals surface area contributed by atoms with Gasteiger partial charge in [-0.3, -0.25) is 4.79 Å². The fraction of sp³-hybridized carbons (Fsp3) is 0.562. The molecule has 22 heavy (non-hydrogen) atoms. The molecular weight excluding hydrogens is 285 g/mol.